The van der Waals surface area contributed by atoms with Crippen LogP contribution in [0.3, 0.4) is 0 Å². The Morgan fingerprint density at radius 3 is 2.26 bits per heavy atom. The number of esters is 1. The first-order chi connectivity index (χ1) is 18.3. The lowest BCUT2D eigenvalue weighted by Crippen LogP contribution is -2.44. The van der Waals surface area contributed by atoms with E-state index in [-0.39, 0.29) is 72.5 Å². The fourth-order valence-electron chi connectivity index (χ4n) is 6.95. The molecule has 0 radical (unpaired) electrons. The van der Waals surface area contributed by atoms with E-state index in [2.05, 4.69) is 31.4 Å². The molecule has 0 aromatic carbocycles. The van der Waals surface area contributed by atoms with Gasteiger partial charge in [-0.05, 0) is 55.8 Å². The molecule has 3 fully saturated rings. The number of hydrogen-bond acceptors (Lipinski definition) is 8. The Balaban J connectivity index is 1.43. The van der Waals surface area contributed by atoms with Crippen LogP contribution in [0.4, 0.5) is 9.59 Å². The van der Waals surface area contributed by atoms with E-state index in [0.29, 0.717) is 6.54 Å². The van der Waals surface area contributed by atoms with Crippen LogP contribution in [0.1, 0.15) is 79.1 Å². The van der Waals surface area contributed by atoms with Crippen molar-refractivity contribution in [2.75, 3.05) is 33.4 Å². The second-order valence-corrected chi connectivity index (χ2v) is 12.6. The van der Waals surface area contributed by atoms with E-state index in [1.165, 1.54) is 11.9 Å². The third-order valence-corrected chi connectivity index (χ3v) is 8.11. The van der Waals surface area contributed by atoms with Gasteiger partial charge in [0.15, 0.2) is 0 Å². The number of rotatable bonds is 10. The quantitative estimate of drug-likeness (QED) is 0.239. The molecule has 220 valence electrons. The van der Waals surface area contributed by atoms with E-state index < -0.39 is 18.3 Å². The smallest absolute Gasteiger partial charge is 0.407 e. The molecule has 0 aromatic heterocycles. The molecule has 0 bridgehead atoms. The number of likely N-dealkylation sites (tertiary alicyclic amines) is 1. The molecule has 1 saturated heterocycles. The van der Waals surface area contributed by atoms with Gasteiger partial charge < -0.3 is 24.8 Å². The average Bonchev–Trinajstić information content (AvgIpc) is 3.09. The van der Waals surface area contributed by atoms with E-state index in [9.17, 15) is 24.0 Å². The van der Waals surface area contributed by atoms with Crippen LogP contribution >= 0.6 is 0 Å². The minimum atomic E-state index is -0.586. The van der Waals surface area contributed by atoms with E-state index in [0.717, 1.165) is 44.9 Å². The molecule has 0 spiro atoms. The van der Waals surface area contributed by atoms with Crippen LogP contribution in [0.5, 0.6) is 0 Å². The average molecular weight is 552 g/mol. The third kappa shape index (κ3) is 8.57. The summed E-state index contributed by atoms with van der Waals surface area (Å²) in [5, 5.41) is 5.19. The second-order valence-electron chi connectivity index (χ2n) is 12.6. The van der Waals surface area contributed by atoms with Crippen molar-refractivity contribution in [3.63, 3.8) is 0 Å². The predicted molar refractivity (Wildman–Crippen MR) is 141 cm³/mol. The van der Waals surface area contributed by atoms with Crippen LogP contribution in [0, 0.1) is 28.6 Å². The standard InChI is InChI=1S/C28H45N3O8/c1-18(15-38-25(35)29-5)39-22(32)12-19-13-27(2,3)16-28(4,14-19)17-30-26(36)37-11-10-31-23(33)20-8-6-7-9-21(20)24(31)34/h18-21H,6-17H2,1-5H3,(H,29,35)(H,30,36). The van der Waals surface area contributed by atoms with Crippen LogP contribution < -0.4 is 10.6 Å². The van der Waals surface area contributed by atoms with Crippen LogP contribution in [0.25, 0.3) is 0 Å². The topological polar surface area (TPSA) is 140 Å². The van der Waals surface area contributed by atoms with Crippen molar-refractivity contribution in [1.29, 1.82) is 0 Å². The summed E-state index contributed by atoms with van der Waals surface area (Å²) in [6.07, 6.45) is 4.42. The number of nitrogens with one attached hydrogen (secondary N) is 2. The highest BCUT2D eigenvalue weighted by Crippen LogP contribution is 2.49. The first-order valence-electron chi connectivity index (χ1n) is 14.1. The number of imide groups is 1. The zero-order valence-electron chi connectivity index (χ0n) is 24.0. The lowest BCUT2D eigenvalue weighted by Gasteiger charge is -2.46. The Morgan fingerprint density at radius 2 is 1.64 bits per heavy atom. The van der Waals surface area contributed by atoms with Gasteiger partial charge >= 0.3 is 18.2 Å². The number of amides is 4. The van der Waals surface area contributed by atoms with E-state index in [1.807, 2.05) is 0 Å². The maximum atomic E-state index is 12.6. The molecular formula is C28H45N3O8. The van der Waals surface area contributed by atoms with E-state index in [4.69, 9.17) is 14.2 Å². The summed E-state index contributed by atoms with van der Waals surface area (Å²) in [4.78, 5) is 62.7. The number of fused-ring (bicyclic) bond motifs is 1. The molecule has 11 heteroatoms. The van der Waals surface area contributed by atoms with Gasteiger partial charge in [-0.1, -0.05) is 33.6 Å². The van der Waals surface area contributed by atoms with Crippen LogP contribution in [-0.4, -0.2) is 74.3 Å². The normalized spacial score (nSPS) is 28.7. The van der Waals surface area contributed by atoms with Crippen LogP contribution in [0.15, 0.2) is 0 Å². The van der Waals surface area contributed by atoms with Crippen LogP contribution in [-0.2, 0) is 28.6 Å². The highest BCUT2D eigenvalue weighted by molar-refractivity contribution is 6.05. The molecule has 1 aliphatic heterocycles. The van der Waals surface area contributed by atoms with Crippen molar-refractivity contribution in [2.24, 2.45) is 28.6 Å². The lowest BCUT2D eigenvalue weighted by molar-refractivity contribution is -0.152. The second kappa shape index (κ2) is 13.0. The van der Waals surface area contributed by atoms with Crippen molar-refractivity contribution < 1.29 is 38.2 Å². The minimum Gasteiger partial charge on any atom is -0.459 e. The number of hydrogen-bond donors (Lipinski definition) is 2. The van der Waals surface area contributed by atoms with Crippen LogP contribution in [0.2, 0.25) is 0 Å². The van der Waals surface area contributed by atoms with Gasteiger partial charge in [-0.15, -0.1) is 0 Å². The Labute approximate surface area is 231 Å². The Morgan fingerprint density at radius 1 is 1.00 bits per heavy atom. The molecule has 5 unspecified atom stereocenters. The fourth-order valence-corrected chi connectivity index (χ4v) is 6.95. The zero-order valence-corrected chi connectivity index (χ0v) is 24.0. The first-order valence-corrected chi connectivity index (χ1v) is 14.1. The molecule has 5 atom stereocenters. The molecule has 2 saturated carbocycles. The van der Waals surface area contributed by atoms with Gasteiger partial charge in [0.2, 0.25) is 11.8 Å². The number of nitrogens with zero attached hydrogens (tertiary/aromatic N) is 1. The minimum absolute atomic E-state index is 0.0213. The SMILES string of the molecule is CNC(=O)OCC(C)OC(=O)CC1CC(C)(C)CC(C)(CNC(=O)OCCN2C(=O)C3CCCCC3C2=O)C1. The molecule has 3 aliphatic rings. The Kier molecular flexibility index (Phi) is 10.2. The maximum absolute atomic E-state index is 12.6. The van der Waals surface area contributed by atoms with Crippen molar-refractivity contribution >= 4 is 30.0 Å². The molecule has 1 heterocycles. The van der Waals surface area contributed by atoms with Gasteiger partial charge in [0, 0.05) is 20.0 Å². The van der Waals surface area contributed by atoms with Gasteiger partial charge in [-0.3, -0.25) is 19.3 Å². The number of alkyl carbamates (subject to hydrolysis) is 2. The molecule has 4 amide bonds. The molecule has 39 heavy (non-hydrogen) atoms. The van der Waals surface area contributed by atoms with Gasteiger partial charge in [-0.25, -0.2) is 9.59 Å². The van der Waals surface area contributed by atoms with Gasteiger partial charge in [0.1, 0.15) is 19.3 Å². The van der Waals surface area contributed by atoms with E-state index >= 15 is 0 Å². The summed E-state index contributed by atoms with van der Waals surface area (Å²) in [5.41, 5.74) is -0.291. The molecule has 2 N–H and O–H groups in total. The summed E-state index contributed by atoms with van der Waals surface area (Å²) in [5.74, 6) is -0.955. The lowest BCUT2D eigenvalue weighted by atomic mass is 9.60. The first kappa shape index (κ1) is 30.7. The Hall–Kier alpha value is -2.85. The van der Waals surface area contributed by atoms with E-state index in [1.54, 1.807) is 6.92 Å². The number of carbonyl (C=O) groups excluding carboxylic acids is 5. The molecule has 11 nitrogen and oxygen atoms in total. The van der Waals surface area contributed by atoms with Crippen molar-refractivity contribution in [1.82, 2.24) is 15.5 Å². The zero-order chi connectivity index (χ0) is 28.8. The van der Waals surface area contributed by atoms with Gasteiger partial charge in [0.05, 0.1) is 18.4 Å². The number of carbonyl (C=O) groups is 5. The molecule has 0 aromatic rings. The summed E-state index contributed by atoms with van der Waals surface area (Å²) >= 11 is 0. The van der Waals surface area contributed by atoms with Crippen molar-refractivity contribution in [2.45, 2.75) is 85.2 Å². The van der Waals surface area contributed by atoms with Crippen molar-refractivity contribution in [3.05, 3.63) is 0 Å². The summed E-state index contributed by atoms with van der Waals surface area (Å²) in [7, 11) is 1.46. The highest BCUT2D eigenvalue weighted by atomic mass is 16.6. The summed E-state index contributed by atoms with van der Waals surface area (Å²) in [6.45, 7) is 8.48. The van der Waals surface area contributed by atoms with Gasteiger partial charge in [-0.2, -0.15) is 0 Å². The highest BCUT2D eigenvalue weighted by Gasteiger charge is 2.48. The third-order valence-electron chi connectivity index (χ3n) is 8.11. The molecular weight excluding hydrogens is 506 g/mol. The van der Waals surface area contributed by atoms with Crippen molar-refractivity contribution in [3.8, 4) is 0 Å². The summed E-state index contributed by atoms with van der Waals surface area (Å²) < 4.78 is 15.7. The van der Waals surface area contributed by atoms with Gasteiger partial charge in [0.25, 0.3) is 0 Å². The summed E-state index contributed by atoms with van der Waals surface area (Å²) in [6, 6.07) is 0. The maximum Gasteiger partial charge on any atom is 0.407 e. The predicted octanol–water partition coefficient (Wildman–Crippen LogP) is 3.40. The largest absolute Gasteiger partial charge is 0.459 e. The monoisotopic (exact) mass is 551 g/mol. The number of ether oxygens (including phenoxy) is 3. The molecule has 2 aliphatic carbocycles. The molecule has 3 rings (SSSR count). The fraction of sp³-hybridized carbons (Fsp3) is 0.821. The Bertz CT molecular complexity index is 914.